The quantitative estimate of drug-likeness (QED) is 0.901. The lowest BCUT2D eigenvalue weighted by Gasteiger charge is -2.33. The smallest absolute Gasteiger partial charge is 0.259 e. The molecule has 2 rings (SSSR count). The molecule has 17 heavy (non-hydrogen) atoms. The summed E-state index contributed by atoms with van der Waals surface area (Å²) in [5.74, 6) is -0.0417. The van der Waals surface area contributed by atoms with Gasteiger partial charge in [-0.25, -0.2) is 0 Å². The van der Waals surface area contributed by atoms with Gasteiger partial charge in [-0.3, -0.25) is 4.79 Å². The van der Waals surface area contributed by atoms with E-state index in [-0.39, 0.29) is 17.2 Å². The molecule has 1 aliphatic heterocycles. The van der Waals surface area contributed by atoms with Gasteiger partial charge in [-0.1, -0.05) is 0 Å². The molecule has 0 bridgehead atoms. The molecule has 1 atom stereocenters. The van der Waals surface area contributed by atoms with Gasteiger partial charge in [0.05, 0.1) is 11.8 Å². The first kappa shape index (κ1) is 12.5. The van der Waals surface area contributed by atoms with Crippen molar-refractivity contribution < 1.29 is 9.21 Å². The Morgan fingerprint density at radius 2 is 2.53 bits per heavy atom. The SMILES string of the molecule is CCN(C(=O)c1ccoc1Cl)C1CCCNC1. The average molecular weight is 257 g/mol. The van der Waals surface area contributed by atoms with Gasteiger partial charge < -0.3 is 14.6 Å². The number of amides is 1. The molecule has 5 heteroatoms. The zero-order valence-electron chi connectivity index (χ0n) is 9.91. The van der Waals surface area contributed by atoms with Gasteiger partial charge in [-0.2, -0.15) is 0 Å². The largest absolute Gasteiger partial charge is 0.452 e. The van der Waals surface area contributed by atoms with Crippen molar-refractivity contribution in [1.82, 2.24) is 10.2 Å². The van der Waals surface area contributed by atoms with Crippen LogP contribution in [0.25, 0.3) is 0 Å². The van der Waals surface area contributed by atoms with Gasteiger partial charge in [0, 0.05) is 19.1 Å². The number of nitrogens with one attached hydrogen (secondary N) is 1. The maximum absolute atomic E-state index is 12.3. The van der Waals surface area contributed by atoms with E-state index in [0.29, 0.717) is 12.1 Å². The molecule has 94 valence electrons. The Bertz CT molecular complexity index is 386. The van der Waals surface area contributed by atoms with Crippen LogP contribution in [0.4, 0.5) is 0 Å². The van der Waals surface area contributed by atoms with E-state index in [1.165, 1.54) is 6.26 Å². The number of carbonyl (C=O) groups excluding carboxylic acids is 1. The molecule has 0 saturated carbocycles. The molecule has 1 aromatic rings. The third kappa shape index (κ3) is 2.64. The number of hydrogen-bond acceptors (Lipinski definition) is 3. The number of nitrogens with zero attached hydrogens (tertiary/aromatic N) is 1. The number of likely N-dealkylation sites (N-methyl/N-ethyl adjacent to an activating group) is 1. The first-order valence-electron chi connectivity index (χ1n) is 5.98. The van der Waals surface area contributed by atoms with Crippen molar-refractivity contribution in [1.29, 1.82) is 0 Å². The van der Waals surface area contributed by atoms with Crippen molar-refractivity contribution in [3.63, 3.8) is 0 Å². The summed E-state index contributed by atoms with van der Waals surface area (Å²) in [5, 5.41) is 3.49. The lowest BCUT2D eigenvalue weighted by atomic mass is 10.1. The molecule has 0 radical (unpaired) electrons. The Labute approximate surface area is 106 Å². The molecule has 0 aliphatic carbocycles. The summed E-state index contributed by atoms with van der Waals surface area (Å²) >= 11 is 5.84. The van der Waals surface area contributed by atoms with Crippen LogP contribution in [0.2, 0.25) is 5.22 Å². The molecule has 1 aliphatic rings. The predicted molar refractivity (Wildman–Crippen MR) is 66.3 cm³/mol. The van der Waals surface area contributed by atoms with Crippen LogP contribution in [0.15, 0.2) is 16.7 Å². The molecular formula is C12H17ClN2O2. The van der Waals surface area contributed by atoms with Crippen molar-refractivity contribution in [2.24, 2.45) is 0 Å². The molecule has 4 nitrogen and oxygen atoms in total. The third-order valence-corrected chi connectivity index (χ3v) is 3.45. The van der Waals surface area contributed by atoms with E-state index in [1.54, 1.807) is 6.07 Å². The average Bonchev–Trinajstić information content (AvgIpc) is 2.77. The second kappa shape index (κ2) is 5.56. The highest BCUT2D eigenvalue weighted by Crippen LogP contribution is 2.21. The van der Waals surface area contributed by atoms with E-state index < -0.39 is 0 Å². The van der Waals surface area contributed by atoms with E-state index >= 15 is 0 Å². The van der Waals surface area contributed by atoms with Crippen molar-refractivity contribution >= 4 is 17.5 Å². The molecule has 0 aromatic carbocycles. The number of hydrogen-bond donors (Lipinski definition) is 1. The topological polar surface area (TPSA) is 45.5 Å². The van der Waals surface area contributed by atoms with E-state index in [0.717, 1.165) is 25.9 Å². The normalized spacial score (nSPS) is 20.2. The van der Waals surface area contributed by atoms with Gasteiger partial charge in [-0.05, 0) is 44.0 Å². The van der Waals surface area contributed by atoms with Gasteiger partial charge in [0.15, 0.2) is 0 Å². The summed E-state index contributed by atoms with van der Waals surface area (Å²) in [6.45, 7) is 4.57. The van der Waals surface area contributed by atoms with Crippen molar-refractivity contribution in [2.75, 3.05) is 19.6 Å². The van der Waals surface area contributed by atoms with Crippen LogP contribution in [0, 0.1) is 0 Å². The minimum atomic E-state index is -0.0417. The van der Waals surface area contributed by atoms with Gasteiger partial charge in [0.1, 0.15) is 0 Å². The number of halogens is 1. The zero-order valence-corrected chi connectivity index (χ0v) is 10.7. The lowest BCUT2D eigenvalue weighted by molar-refractivity contribution is 0.0661. The molecule has 0 spiro atoms. The lowest BCUT2D eigenvalue weighted by Crippen LogP contribution is -2.48. The number of piperidine rings is 1. The van der Waals surface area contributed by atoms with Crippen LogP contribution in [0.1, 0.15) is 30.1 Å². The minimum Gasteiger partial charge on any atom is -0.452 e. The standard InChI is InChI=1S/C12H17ClN2O2/c1-2-15(9-4-3-6-14-8-9)12(16)10-5-7-17-11(10)13/h5,7,9,14H,2-4,6,8H2,1H3. The van der Waals surface area contributed by atoms with E-state index in [4.69, 9.17) is 16.0 Å². The highest BCUT2D eigenvalue weighted by atomic mass is 35.5. The maximum Gasteiger partial charge on any atom is 0.259 e. The Morgan fingerprint density at radius 1 is 1.71 bits per heavy atom. The van der Waals surface area contributed by atoms with Gasteiger partial charge in [0.25, 0.3) is 5.91 Å². The summed E-state index contributed by atoms with van der Waals surface area (Å²) in [6.07, 6.45) is 3.60. The number of carbonyl (C=O) groups is 1. The van der Waals surface area contributed by atoms with Gasteiger partial charge in [0.2, 0.25) is 5.22 Å². The summed E-state index contributed by atoms with van der Waals surface area (Å²) < 4.78 is 4.97. The molecule has 1 N–H and O–H groups in total. The molecule has 1 saturated heterocycles. The Balaban J connectivity index is 2.12. The first-order valence-corrected chi connectivity index (χ1v) is 6.36. The highest BCUT2D eigenvalue weighted by Gasteiger charge is 2.26. The van der Waals surface area contributed by atoms with E-state index in [9.17, 15) is 4.79 Å². The molecule has 1 aromatic heterocycles. The fraction of sp³-hybridized carbons (Fsp3) is 0.583. The summed E-state index contributed by atoms with van der Waals surface area (Å²) in [5.41, 5.74) is 0.457. The minimum absolute atomic E-state index is 0.0417. The van der Waals surface area contributed by atoms with Crippen LogP contribution >= 0.6 is 11.6 Å². The molecular weight excluding hydrogens is 240 g/mol. The number of furan rings is 1. The van der Waals surface area contributed by atoms with Crippen molar-refractivity contribution in [3.8, 4) is 0 Å². The fourth-order valence-electron chi connectivity index (χ4n) is 2.27. The second-order valence-electron chi connectivity index (χ2n) is 4.20. The fourth-order valence-corrected chi connectivity index (χ4v) is 2.46. The molecule has 1 fully saturated rings. The van der Waals surface area contributed by atoms with E-state index in [1.807, 2.05) is 11.8 Å². The predicted octanol–water partition coefficient (Wildman–Crippen LogP) is 2.15. The van der Waals surface area contributed by atoms with Crippen LogP contribution < -0.4 is 5.32 Å². The summed E-state index contributed by atoms with van der Waals surface area (Å²) in [6, 6.07) is 1.89. The van der Waals surface area contributed by atoms with E-state index in [2.05, 4.69) is 5.32 Å². The van der Waals surface area contributed by atoms with Gasteiger partial charge in [-0.15, -0.1) is 0 Å². The van der Waals surface area contributed by atoms with Gasteiger partial charge >= 0.3 is 0 Å². The Hall–Kier alpha value is -1.00. The van der Waals surface area contributed by atoms with Crippen LogP contribution in [0.5, 0.6) is 0 Å². The number of rotatable bonds is 3. The Kier molecular flexibility index (Phi) is 4.07. The van der Waals surface area contributed by atoms with Crippen molar-refractivity contribution in [3.05, 3.63) is 23.1 Å². The zero-order chi connectivity index (χ0) is 12.3. The van der Waals surface area contributed by atoms with Crippen LogP contribution in [-0.4, -0.2) is 36.5 Å². The Morgan fingerprint density at radius 3 is 3.06 bits per heavy atom. The highest BCUT2D eigenvalue weighted by molar-refractivity contribution is 6.32. The molecule has 1 unspecified atom stereocenters. The monoisotopic (exact) mass is 256 g/mol. The first-order chi connectivity index (χ1) is 8.24. The van der Waals surface area contributed by atoms with Crippen molar-refractivity contribution in [2.45, 2.75) is 25.8 Å². The molecule has 2 heterocycles. The second-order valence-corrected chi connectivity index (χ2v) is 4.54. The molecule has 1 amide bonds. The third-order valence-electron chi connectivity index (χ3n) is 3.16. The summed E-state index contributed by atoms with van der Waals surface area (Å²) in [4.78, 5) is 14.2. The maximum atomic E-state index is 12.3. The summed E-state index contributed by atoms with van der Waals surface area (Å²) in [7, 11) is 0. The van der Waals surface area contributed by atoms with Crippen LogP contribution in [0.3, 0.4) is 0 Å². The van der Waals surface area contributed by atoms with Crippen LogP contribution in [-0.2, 0) is 0 Å².